The first-order valence-corrected chi connectivity index (χ1v) is 7.40. The van der Waals surface area contributed by atoms with Crippen LogP contribution in [-0.2, 0) is 6.54 Å². The smallest absolute Gasteiger partial charge is 0.280 e. The maximum absolute atomic E-state index is 12.7. The quantitative estimate of drug-likeness (QED) is 0.743. The summed E-state index contributed by atoms with van der Waals surface area (Å²) in [5.41, 5.74) is 3.99. The van der Waals surface area contributed by atoms with E-state index in [2.05, 4.69) is 22.0 Å². The van der Waals surface area contributed by atoms with Crippen LogP contribution in [0.1, 0.15) is 36.8 Å². The minimum Gasteiger partial charge on any atom is -0.290 e. The molecule has 0 aromatic carbocycles. The van der Waals surface area contributed by atoms with Crippen molar-refractivity contribution in [2.45, 2.75) is 40.3 Å². The highest BCUT2D eigenvalue weighted by Gasteiger charge is 2.20. The Balaban J connectivity index is 2.18. The first kappa shape index (κ1) is 14.4. The molecule has 0 aliphatic rings. The van der Waals surface area contributed by atoms with E-state index in [1.54, 1.807) is 29.2 Å². The molecule has 1 atom stereocenters. The van der Waals surface area contributed by atoms with E-state index in [1.807, 2.05) is 25.5 Å². The maximum atomic E-state index is 12.7. The van der Waals surface area contributed by atoms with E-state index < -0.39 is 0 Å². The predicted molar refractivity (Wildman–Crippen MR) is 85.0 cm³/mol. The van der Waals surface area contributed by atoms with Crippen LogP contribution in [0.5, 0.6) is 0 Å². The number of fused-ring (bicyclic) bond motifs is 1. The fourth-order valence-electron chi connectivity index (χ4n) is 3.00. The van der Waals surface area contributed by atoms with E-state index in [0.29, 0.717) is 11.0 Å². The second-order valence-corrected chi connectivity index (χ2v) is 5.40. The molecular weight excluding hydrogens is 278 g/mol. The fourth-order valence-corrected chi connectivity index (χ4v) is 3.00. The third kappa shape index (κ3) is 2.11. The second-order valence-electron chi connectivity index (χ2n) is 5.40. The highest BCUT2D eigenvalue weighted by molar-refractivity contribution is 5.72. The molecule has 0 aliphatic heterocycles. The van der Waals surface area contributed by atoms with Gasteiger partial charge < -0.3 is 0 Å². The summed E-state index contributed by atoms with van der Waals surface area (Å²) < 4.78 is 3.59. The van der Waals surface area contributed by atoms with Gasteiger partial charge in [0.1, 0.15) is 0 Å². The van der Waals surface area contributed by atoms with Crippen LogP contribution < -0.4 is 5.56 Å². The summed E-state index contributed by atoms with van der Waals surface area (Å²) in [5.74, 6) is 0. The van der Waals surface area contributed by atoms with E-state index in [9.17, 15) is 4.79 Å². The van der Waals surface area contributed by atoms with Crippen LogP contribution >= 0.6 is 0 Å². The second kappa shape index (κ2) is 5.36. The molecule has 0 saturated carbocycles. The molecule has 6 heteroatoms. The van der Waals surface area contributed by atoms with E-state index in [4.69, 9.17) is 0 Å². The van der Waals surface area contributed by atoms with Crippen LogP contribution in [0, 0.1) is 13.8 Å². The van der Waals surface area contributed by atoms with Crippen molar-refractivity contribution in [3.05, 3.63) is 52.0 Å². The molecule has 0 bridgehead atoms. The van der Waals surface area contributed by atoms with Crippen LogP contribution in [-0.4, -0.2) is 24.3 Å². The highest BCUT2D eigenvalue weighted by Crippen LogP contribution is 2.24. The predicted octanol–water partition coefficient (Wildman–Crippen LogP) is 2.23. The Kier molecular flexibility index (Phi) is 3.52. The molecule has 0 saturated heterocycles. The van der Waals surface area contributed by atoms with Gasteiger partial charge in [-0.05, 0) is 39.8 Å². The van der Waals surface area contributed by atoms with Crippen molar-refractivity contribution in [1.29, 1.82) is 0 Å². The lowest BCUT2D eigenvalue weighted by molar-refractivity contribution is 0.595. The minimum absolute atomic E-state index is 0.124. The zero-order valence-electron chi connectivity index (χ0n) is 13.2. The van der Waals surface area contributed by atoms with Gasteiger partial charge in [-0.3, -0.25) is 14.0 Å². The minimum atomic E-state index is -0.133. The molecule has 0 fully saturated rings. The number of pyridine rings is 1. The van der Waals surface area contributed by atoms with Crippen molar-refractivity contribution in [3.63, 3.8) is 0 Å². The Morgan fingerprint density at radius 2 is 2.05 bits per heavy atom. The van der Waals surface area contributed by atoms with Gasteiger partial charge in [0, 0.05) is 24.0 Å². The SMILES string of the molecule is CCn1nc(C)c([C@H](C)n2cnc3cccnc3c2=O)c1C. The van der Waals surface area contributed by atoms with E-state index in [-0.39, 0.29) is 11.6 Å². The summed E-state index contributed by atoms with van der Waals surface area (Å²) in [6.07, 6.45) is 3.21. The van der Waals surface area contributed by atoms with Crippen molar-refractivity contribution in [2.24, 2.45) is 0 Å². The molecule has 3 rings (SSSR count). The van der Waals surface area contributed by atoms with E-state index in [0.717, 1.165) is 23.5 Å². The first-order valence-electron chi connectivity index (χ1n) is 7.40. The summed E-state index contributed by atoms with van der Waals surface area (Å²) in [4.78, 5) is 21.2. The molecule has 0 radical (unpaired) electrons. The number of hydrogen-bond acceptors (Lipinski definition) is 4. The number of aryl methyl sites for hydroxylation is 2. The third-order valence-corrected chi connectivity index (χ3v) is 4.12. The largest absolute Gasteiger partial charge is 0.290 e. The van der Waals surface area contributed by atoms with Crippen molar-refractivity contribution in [1.82, 2.24) is 24.3 Å². The van der Waals surface area contributed by atoms with Crippen LogP contribution in [0.4, 0.5) is 0 Å². The Labute approximate surface area is 128 Å². The Bertz CT molecular complexity index is 893. The lowest BCUT2D eigenvalue weighted by Crippen LogP contribution is -2.25. The average Bonchev–Trinajstić information content (AvgIpc) is 2.81. The van der Waals surface area contributed by atoms with E-state index in [1.165, 1.54) is 0 Å². The molecule has 0 amide bonds. The van der Waals surface area contributed by atoms with Gasteiger partial charge in [-0.2, -0.15) is 5.10 Å². The molecule has 0 aliphatic carbocycles. The Morgan fingerprint density at radius 1 is 1.27 bits per heavy atom. The van der Waals surface area contributed by atoms with Gasteiger partial charge in [-0.15, -0.1) is 0 Å². The zero-order valence-corrected chi connectivity index (χ0v) is 13.2. The van der Waals surface area contributed by atoms with Gasteiger partial charge in [0.25, 0.3) is 5.56 Å². The lowest BCUT2D eigenvalue weighted by Gasteiger charge is -2.16. The fraction of sp³-hybridized carbons (Fsp3) is 0.375. The monoisotopic (exact) mass is 297 g/mol. The molecule has 3 aromatic rings. The summed E-state index contributed by atoms with van der Waals surface area (Å²) in [5, 5.41) is 4.53. The molecule has 0 spiro atoms. The third-order valence-electron chi connectivity index (χ3n) is 4.12. The summed E-state index contributed by atoms with van der Waals surface area (Å²) in [6, 6.07) is 3.44. The maximum Gasteiger partial charge on any atom is 0.280 e. The Morgan fingerprint density at radius 3 is 2.73 bits per heavy atom. The summed E-state index contributed by atoms with van der Waals surface area (Å²) in [6.45, 7) is 8.87. The zero-order chi connectivity index (χ0) is 15.9. The van der Waals surface area contributed by atoms with Crippen LogP contribution in [0.2, 0.25) is 0 Å². The number of nitrogens with zero attached hydrogens (tertiary/aromatic N) is 5. The van der Waals surface area contributed by atoms with Crippen molar-refractivity contribution < 1.29 is 0 Å². The van der Waals surface area contributed by atoms with E-state index >= 15 is 0 Å². The van der Waals surface area contributed by atoms with Gasteiger partial charge >= 0.3 is 0 Å². The molecule has 3 aromatic heterocycles. The molecule has 114 valence electrons. The summed E-state index contributed by atoms with van der Waals surface area (Å²) >= 11 is 0. The highest BCUT2D eigenvalue weighted by atomic mass is 16.1. The van der Waals surface area contributed by atoms with Gasteiger partial charge in [0.15, 0.2) is 5.52 Å². The number of rotatable bonds is 3. The van der Waals surface area contributed by atoms with Gasteiger partial charge in [-0.1, -0.05) is 0 Å². The van der Waals surface area contributed by atoms with Crippen molar-refractivity contribution >= 4 is 11.0 Å². The van der Waals surface area contributed by atoms with Crippen molar-refractivity contribution in [3.8, 4) is 0 Å². The first-order chi connectivity index (χ1) is 10.5. The molecular formula is C16H19N5O. The summed E-state index contributed by atoms with van der Waals surface area (Å²) in [7, 11) is 0. The topological polar surface area (TPSA) is 65.6 Å². The van der Waals surface area contributed by atoms with Gasteiger partial charge in [-0.25, -0.2) is 9.97 Å². The average molecular weight is 297 g/mol. The van der Waals surface area contributed by atoms with Crippen LogP contribution in [0.25, 0.3) is 11.0 Å². The van der Waals surface area contributed by atoms with Crippen molar-refractivity contribution in [2.75, 3.05) is 0 Å². The molecule has 6 nitrogen and oxygen atoms in total. The lowest BCUT2D eigenvalue weighted by atomic mass is 10.1. The Hall–Kier alpha value is -2.50. The molecule has 0 N–H and O–H groups in total. The normalized spacial score (nSPS) is 12.7. The molecule has 3 heterocycles. The van der Waals surface area contributed by atoms with Gasteiger partial charge in [0.05, 0.1) is 23.6 Å². The van der Waals surface area contributed by atoms with Crippen LogP contribution in [0.15, 0.2) is 29.5 Å². The van der Waals surface area contributed by atoms with Gasteiger partial charge in [0.2, 0.25) is 0 Å². The molecule has 22 heavy (non-hydrogen) atoms. The standard InChI is InChI=1S/C16H19N5O/c1-5-21-12(4)14(10(2)19-21)11(3)20-9-18-13-7-6-8-17-15(13)16(20)22/h6-9,11H,5H2,1-4H3/t11-/m0/s1. The number of hydrogen-bond donors (Lipinski definition) is 0. The molecule has 0 unspecified atom stereocenters. The van der Waals surface area contributed by atoms with Crippen LogP contribution in [0.3, 0.4) is 0 Å². The number of aromatic nitrogens is 5.